The summed E-state index contributed by atoms with van der Waals surface area (Å²) < 4.78 is 5.91. The zero-order chi connectivity index (χ0) is 20.4. The van der Waals surface area contributed by atoms with Gasteiger partial charge in [-0.2, -0.15) is 0 Å². The Labute approximate surface area is 157 Å². The molecule has 0 spiro atoms. The van der Waals surface area contributed by atoms with Gasteiger partial charge in [0.2, 0.25) is 5.88 Å². The molecule has 9 nitrogen and oxygen atoms in total. The number of carboxylic acid groups (broad SMARTS) is 2. The summed E-state index contributed by atoms with van der Waals surface area (Å²) in [4.78, 5) is 39.6. The first kappa shape index (κ1) is 22.1. The molecule has 0 saturated heterocycles. The number of hydrogen-bond acceptors (Lipinski definition) is 6. The molecule has 0 aliphatic carbocycles. The molecule has 0 fully saturated rings. The summed E-state index contributed by atoms with van der Waals surface area (Å²) in [5, 5.41) is 15.6. The SMILES string of the molecule is CCN1CC(CCN(C)C)Oc2ncccc2C1=O.O=C(O)C=CC(=O)O. The van der Waals surface area contributed by atoms with Crippen LogP contribution in [0.25, 0.3) is 0 Å². The molecule has 0 radical (unpaired) electrons. The Balaban J connectivity index is 0.000000387. The van der Waals surface area contributed by atoms with Crippen LogP contribution in [-0.2, 0) is 9.59 Å². The molecule has 2 heterocycles. The van der Waals surface area contributed by atoms with Gasteiger partial charge < -0.3 is 24.7 Å². The summed E-state index contributed by atoms with van der Waals surface area (Å²) >= 11 is 0. The lowest BCUT2D eigenvalue weighted by atomic mass is 10.2. The summed E-state index contributed by atoms with van der Waals surface area (Å²) in [7, 11) is 4.07. The third-order valence-corrected chi connectivity index (χ3v) is 3.64. The first-order valence-electron chi connectivity index (χ1n) is 8.44. The first-order valence-corrected chi connectivity index (χ1v) is 8.44. The van der Waals surface area contributed by atoms with E-state index in [0.717, 1.165) is 13.0 Å². The van der Waals surface area contributed by atoms with Gasteiger partial charge in [-0.25, -0.2) is 14.6 Å². The Kier molecular flexibility index (Phi) is 8.94. The number of likely N-dealkylation sites (N-methyl/N-ethyl adjacent to an activating group) is 1. The third kappa shape index (κ3) is 7.87. The van der Waals surface area contributed by atoms with Gasteiger partial charge in [-0.1, -0.05) is 0 Å². The van der Waals surface area contributed by atoms with Crippen LogP contribution >= 0.6 is 0 Å². The molecule has 2 rings (SSSR count). The molecule has 148 valence electrons. The van der Waals surface area contributed by atoms with E-state index in [1.54, 1.807) is 18.3 Å². The standard InChI is InChI=1S/C14H21N3O2.C4H4O4/c1-4-17-10-11(7-9-16(2)3)19-13-12(14(17)18)6-5-8-15-13;5-3(6)1-2-4(7)8/h5-6,8,11H,4,7,9-10H2,1-3H3;1-2H,(H,5,6)(H,7,8). The second kappa shape index (κ2) is 10.9. The van der Waals surface area contributed by atoms with Gasteiger partial charge >= 0.3 is 11.9 Å². The van der Waals surface area contributed by atoms with Crippen LogP contribution < -0.4 is 4.74 Å². The number of hydrogen-bond donors (Lipinski definition) is 2. The molecule has 1 atom stereocenters. The Morgan fingerprint density at radius 2 is 1.96 bits per heavy atom. The van der Waals surface area contributed by atoms with Crippen molar-refractivity contribution in [2.75, 3.05) is 33.7 Å². The van der Waals surface area contributed by atoms with Gasteiger partial charge in [0.1, 0.15) is 11.7 Å². The number of ether oxygens (including phenoxy) is 1. The van der Waals surface area contributed by atoms with Crippen LogP contribution in [0.2, 0.25) is 0 Å². The molecule has 1 aliphatic rings. The maximum atomic E-state index is 12.3. The number of aromatic nitrogens is 1. The average molecular weight is 379 g/mol. The zero-order valence-corrected chi connectivity index (χ0v) is 15.7. The topological polar surface area (TPSA) is 120 Å². The maximum absolute atomic E-state index is 12.3. The van der Waals surface area contributed by atoms with E-state index >= 15 is 0 Å². The van der Waals surface area contributed by atoms with Crippen molar-refractivity contribution in [1.29, 1.82) is 0 Å². The lowest BCUT2D eigenvalue weighted by Crippen LogP contribution is -2.38. The van der Waals surface area contributed by atoms with E-state index in [0.29, 0.717) is 36.7 Å². The second-order valence-electron chi connectivity index (χ2n) is 6.04. The van der Waals surface area contributed by atoms with Gasteiger partial charge in [-0.15, -0.1) is 0 Å². The van der Waals surface area contributed by atoms with E-state index in [1.165, 1.54) is 0 Å². The van der Waals surface area contributed by atoms with Crippen molar-refractivity contribution < 1.29 is 29.3 Å². The Hall–Kier alpha value is -2.94. The van der Waals surface area contributed by atoms with Gasteiger partial charge in [-0.05, 0) is 39.6 Å². The van der Waals surface area contributed by atoms with Gasteiger partial charge in [-0.3, -0.25) is 4.79 Å². The van der Waals surface area contributed by atoms with Crippen LogP contribution in [0.15, 0.2) is 30.5 Å². The number of carbonyl (C=O) groups excluding carboxylic acids is 1. The van der Waals surface area contributed by atoms with Crippen molar-refractivity contribution in [3.8, 4) is 5.88 Å². The van der Waals surface area contributed by atoms with E-state index in [1.807, 2.05) is 25.9 Å². The predicted octanol–water partition coefficient (Wildman–Crippen LogP) is 0.968. The Bertz CT molecular complexity index is 673. The fraction of sp³-hybridized carbons (Fsp3) is 0.444. The Morgan fingerprint density at radius 3 is 2.48 bits per heavy atom. The zero-order valence-electron chi connectivity index (χ0n) is 15.7. The van der Waals surface area contributed by atoms with Gasteiger partial charge in [0, 0.05) is 31.4 Å². The number of aliphatic carboxylic acids is 2. The molecule has 1 amide bonds. The van der Waals surface area contributed by atoms with Crippen molar-refractivity contribution in [2.24, 2.45) is 0 Å². The fourth-order valence-corrected chi connectivity index (χ4v) is 2.31. The van der Waals surface area contributed by atoms with Crippen LogP contribution in [0.5, 0.6) is 5.88 Å². The van der Waals surface area contributed by atoms with E-state index in [-0.39, 0.29) is 12.0 Å². The summed E-state index contributed by atoms with van der Waals surface area (Å²) in [6, 6.07) is 3.55. The number of fused-ring (bicyclic) bond motifs is 1. The summed E-state index contributed by atoms with van der Waals surface area (Å²) in [5.74, 6) is -2.04. The van der Waals surface area contributed by atoms with Gasteiger partial charge in [0.05, 0.1) is 6.54 Å². The minimum absolute atomic E-state index is 0.00227. The molecule has 27 heavy (non-hydrogen) atoms. The molecule has 1 aromatic rings. The minimum atomic E-state index is -1.26. The predicted molar refractivity (Wildman–Crippen MR) is 97.8 cm³/mol. The molecule has 0 aromatic carbocycles. The minimum Gasteiger partial charge on any atom is -0.478 e. The highest BCUT2D eigenvalue weighted by molar-refractivity contribution is 5.96. The average Bonchev–Trinajstić information content (AvgIpc) is 2.75. The molecule has 2 N–H and O–H groups in total. The molecule has 0 saturated carbocycles. The van der Waals surface area contributed by atoms with Crippen molar-refractivity contribution in [2.45, 2.75) is 19.4 Å². The summed E-state index contributed by atoms with van der Waals surface area (Å²) in [6.45, 7) is 4.23. The molecule has 1 aromatic heterocycles. The molecule has 0 bridgehead atoms. The lowest BCUT2D eigenvalue weighted by molar-refractivity contribution is -0.134. The smallest absolute Gasteiger partial charge is 0.328 e. The van der Waals surface area contributed by atoms with E-state index in [4.69, 9.17) is 14.9 Å². The number of nitrogens with zero attached hydrogens (tertiary/aromatic N) is 3. The number of carboxylic acids is 2. The van der Waals surface area contributed by atoms with Crippen LogP contribution in [-0.4, -0.2) is 82.7 Å². The largest absolute Gasteiger partial charge is 0.478 e. The van der Waals surface area contributed by atoms with Crippen LogP contribution in [0.4, 0.5) is 0 Å². The number of amides is 1. The molecular weight excluding hydrogens is 354 g/mol. The highest BCUT2D eigenvalue weighted by atomic mass is 16.5. The molecule has 1 unspecified atom stereocenters. The molecule has 1 aliphatic heterocycles. The monoisotopic (exact) mass is 379 g/mol. The number of pyridine rings is 1. The van der Waals surface area contributed by atoms with Crippen LogP contribution in [0, 0.1) is 0 Å². The van der Waals surface area contributed by atoms with Crippen LogP contribution in [0.1, 0.15) is 23.7 Å². The second-order valence-corrected chi connectivity index (χ2v) is 6.04. The van der Waals surface area contributed by atoms with Gasteiger partial charge in [0.25, 0.3) is 5.91 Å². The summed E-state index contributed by atoms with van der Waals surface area (Å²) in [6.07, 6.45) is 3.66. The Morgan fingerprint density at radius 1 is 1.33 bits per heavy atom. The highest BCUT2D eigenvalue weighted by Gasteiger charge is 2.28. The lowest BCUT2D eigenvalue weighted by Gasteiger charge is -2.23. The summed E-state index contributed by atoms with van der Waals surface area (Å²) in [5.41, 5.74) is 0.566. The highest BCUT2D eigenvalue weighted by Crippen LogP contribution is 2.23. The fourth-order valence-electron chi connectivity index (χ4n) is 2.31. The normalized spacial score (nSPS) is 16.2. The van der Waals surface area contributed by atoms with Crippen molar-refractivity contribution in [3.63, 3.8) is 0 Å². The van der Waals surface area contributed by atoms with E-state index in [9.17, 15) is 14.4 Å². The van der Waals surface area contributed by atoms with Crippen molar-refractivity contribution in [1.82, 2.24) is 14.8 Å². The number of rotatable bonds is 6. The quantitative estimate of drug-likeness (QED) is 0.702. The molecule has 9 heteroatoms. The third-order valence-electron chi connectivity index (χ3n) is 3.64. The van der Waals surface area contributed by atoms with Gasteiger partial charge in [0.15, 0.2) is 0 Å². The van der Waals surface area contributed by atoms with Crippen molar-refractivity contribution >= 4 is 17.8 Å². The number of carbonyl (C=O) groups is 3. The van der Waals surface area contributed by atoms with E-state index < -0.39 is 11.9 Å². The van der Waals surface area contributed by atoms with Crippen LogP contribution in [0.3, 0.4) is 0 Å². The van der Waals surface area contributed by atoms with E-state index in [2.05, 4.69) is 9.88 Å². The first-order chi connectivity index (χ1) is 12.7. The molecular formula is C18H25N3O6. The van der Waals surface area contributed by atoms with Crippen molar-refractivity contribution in [3.05, 3.63) is 36.0 Å². The maximum Gasteiger partial charge on any atom is 0.328 e.